The minimum absolute atomic E-state index is 0.0228. The summed E-state index contributed by atoms with van der Waals surface area (Å²) in [6, 6.07) is 3.88. The summed E-state index contributed by atoms with van der Waals surface area (Å²) in [7, 11) is 0. The maximum atomic E-state index is 12.7. The molecule has 0 spiro atoms. The van der Waals surface area contributed by atoms with Gasteiger partial charge < -0.3 is 0 Å². The minimum atomic E-state index is -0.832. The van der Waals surface area contributed by atoms with E-state index in [1.807, 2.05) is 0 Å². The standard InChI is InChI=1S/C8H4ClF2N/c9-8-6(10)3-5(1-2-12)4-7(8)11/h3-4H,1H2. The van der Waals surface area contributed by atoms with E-state index in [0.29, 0.717) is 0 Å². The maximum absolute atomic E-state index is 12.7. The first kappa shape index (κ1) is 8.95. The summed E-state index contributed by atoms with van der Waals surface area (Å²) in [6.07, 6.45) is -0.0228. The SMILES string of the molecule is N#CCc1cc(F)c(Cl)c(F)c1. The lowest BCUT2D eigenvalue weighted by atomic mass is 10.1. The van der Waals surface area contributed by atoms with Crippen molar-refractivity contribution >= 4 is 11.6 Å². The molecule has 1 nitrogen and oxygen atoms in total. The third kappa shape index (κ3) is 1.72. The second-order valence-corrected chi connectivity index (χ2v) is 2.59. The van der Waals surface area contributed by atoms with E-state index in [1.54, 1.807) is 6.07 Å². The Morgan fingerprint density at radius 1 is 1.33 bits per heavy atom. The first-order valence-electron chi connectivity index (χ1n) is 3.15. The molecule has 4 heteroatoms. The van der Waals surface area contributed by atoms with Crippen LogP contribution in [-0.4, -0.2) is 0 Å². The van der Waals surface area contributed by atoms with E-state index in [4.69, 9.17) is 16.9 Å². The molecule has 0 aliphatic rings. The average Bonchev–Trinajstić information content (AvgIpc) is 2.01. The van der Waals surface area contributed by atoms with Crippen molar-refractivity contribution in [1.82, 2.24) is 0 Å². The number of benzene rings is 1. The van der Waals surface area contributed by atoms with Gasteiger partial charge in [0.25, 0.3) is 0 Å². The van der Waals surface area contributed by atoms with Crippen LogP contribution in [0.3, 0.4) is 0 Å². The highest BCUT2D eigenvalue weighted by molar-refractivity contribution is 6.30. The molecule has 0 fully saturated rings. The zero-order chi connectivity index (χ0) is 9.14. The molecule has 0 aliphatic carbocycles. The van der Waals surface area contributed by atoms with Gasteiger partial charge in [0.2, 0.25) is 0 Å². The van der Waals surface area contributed by atoms with Crippen molar-refractivity contribution in [3.8, 4) is 6.07 Å². The first-order chi connectivity index (χ1) is 5.65. The molecule has 0 saturated carbocycles. The quantitative estimate of drug-likeness (QED) is 0.620. The van der Waals surface area contributed by atoms with Crippen LogP contribution >= 0.6 is 11.6 Å². The predicted molar refractivity (Wildman–Crippen MR) is 40.7 cm³/mol. The van der Waals surface area contributed by atoms with E-state index in [9.17, 15) is 8.78 Å². The molecule has 0 saturated heterocycles. The Balaban J connectivity index is 3.14. The van der Waals surface area contributed by atoms with E-state index in [2.05, 4.69) is 0 Å². The molecule has 1 rings (SSSR count). The fraction of sp³-hybridized carbons (Fsp3) is 0.125. The molecule has 0 aromatic heterocycles. The smallest absolute Gasteiger partial charge is 0.145 e. The molecule has 0 atom stereocenters. The lowest BCUT2D eigenvalue weighted by Crippen LogP contribution is -1.89. The first-order valence-corrected chi connectivity index (χ1v) is 3.53. The van der Waals surface area contributed by atoms with Gasteiger partial charge in [0.15, 0.2) is 0 Å². The predicted octanol–water partition coefficient (Wildman–Crippen LogP) is 2.68. The summed E-state index contributed by atoms with van der Waals surface area (Å²) in [5, 5.41) is 7.71. The van der Waals surface area contributed by atoms with E-state index < -0.39 is 16.7 Å². The fourth-order valence-electron chi connectivity index (χ4n) is 0.801. The fourth-order valence-corrected chi connectivity index (χ4v) is 0.910. The normalized spacial score (nSPS) is 9.50. The summed E-state index contributed by atoms with van der Waals surface area (Å²) < 4.78 is 25.4. The third-order valence-corrected chi connectivity index (χ3v) is 1.69. The molecular formula is C8H4ClF2N. The van der Waals surface area contributed by atoms with Crippen LogP contribution in [0.4, 0.5) is 8.78 Å². The lowest BCUT2D eigenvalue weighted by molar-refractivity contribution is 0.581. The van der Waals surface area contributed by atoms with Crippen LogP contribution in [0.1, 0.15) is 5.56 Å². The van der Waals surface area contributed by atoms with Crippen LogP contribution in [0.25, 0.3) is 0 Å². The molecule has 62 valence electrons. The van der Waals surface area contributed by atoms with Gasteiger partial charge in [0.1, 0.15) is 16.7 Å². The van der Waals surface area contributed by atoms with Crippen molar-refractivity contribution in [2.45, 2.75) is 6.42 Å². The molecular weight excluding hydrogens is 184 g/mol. The Labute approximate surface area is 73.2 Å². The zero-order valence-corrected chi connectivity index (χ0v) is 6.70. The van der Waals surface area contributed by atoms with Crippen LogP contribution in [0, 0.1) is 23.0 Å². The van der Waals surface area contributed by atoms with Gasteiger partial charge in [-0.1, -0.05) is 11.6 Å². The molecule has 12 heavy (non-hydrogen) atoms. The molecule has 0 bridgehead atoms. The van der Waals surface area contributed by atoms with E-state index >= 15 is 0 Å². The Kier molecular flexibility index (Phi) is 2.61. The Morgan fingerprint density at radius 3 is 2.25 bits per heavy atom. The van der Waals surface area contributed by atoms with Crippen molar-refractivity contribution in [2.75, 3.05) is 0 Å². The highest BCUT2D eigenvalue weighted by Crippen LogP contribution is 2.20. The van der Waals surface area contributed by atoms with Gasteiger partial charge >= 0.3 is 0 Å². The summed E-state index contributed by atoms with van der Waals surface area (Å²) >= 11 is 5.22. The van der Waals surface area contributed by atoms with Gasteiger partial charge in [-0.2, -0.15) is 5.26 Å². The Morgan fingerprint density at radius 2 is 1.83 bits per heavy atom. The van der Waals surface area contributed by atoms with Crippen LogP contribution in [0.15, 0.2) is 12.1 Å². The molecule has 0 aliphatic heterocycles. The van der Waals surface area contributed by atoms with Crippen LogP contribution < -0.4 is 0 Å². The summed E-state index contributed by atoms with van der Waals surface area (Å²) in [4.78, 5) is 0. The van der Waals surface area contributed by atoms with Crippen molar-refractivity contribution in [3.05, 3.63) is 34.4 Å². The number of hydrogen-bond donors (Lipinski definition) is 0. The summed E-state index contributed by atoms with van der Waals surface area (Å²) in [5.74, 6) is -1.66. The summed E-state index contributed by atoms with van der Waals surface area (Å²) in [5.41, 5.74) is 0.289. The summed E-state index contributed by atoms with van der Waals surface area (Å²) in [6.45, 7) is 0. The van der Waals surface area contributed by atoms with Gasteiger partial charge in [0.05, 0.1) is 12.5 Å². The Hall–Kier alpha value is -1.14. The zero-order valence-electron chi connectivity index (χ0n) is 5.94. The van der Waals surface area contributed by atoms with Gasteiger partial charge in [-0.25, -0.2) is 8.78 Å². The van der Waals surface area contributed by atoms with E-state index in [-0.39, 0.29) is 12.0 Å². The second kappa shape index (κ2) is 3.51. The third-order valence-electron chi connectivity index (χ3n) is 1.33. The molecule has 0 unspecified atom stereocenters. The van der Waals surface area contributed by atoms with Crippen LogP contribution in [0.2, 0.25) is 5.02 Å². The van der Waals surface area contributed by atoms with Gasteiger partial charge in [0, 0.05) is 0 Å². The topological polar surface area (TPSA) is 23.8 Å². The van der Waals surface area contributed by atoms with E-state index in [0.717, 1.165) is 12.1 Å². The highest BCUT2D eigenvalue weighted by Gasteiger charge is 2.07. The molecule has 0 N–H and O–H groups in total. The largest absolute Gasteiger partial charge is 0.205 e. The number of rotatable bonds is 1. The number of nitrogens with zero attached hydrogens (tertiary/aromatic N) is 1. The number of halogens is 3. The van der Waals surface area contributed by atoms with Gasteiger partial charge in [-0.15, -0.1) is 0 Å². The van der Waals surface area contributed by atoms with E-state index in [1.165, 1.54) is 0 Å². The van der Waals surface area contributed by atoms with Crippen LogP contribution in [-0.2, 0) is 6.42 Å². The number of hydrogen-bond acceptors (Lipinski definition) is 1. The number of nitriles is 1. The highest BCUT2D eigenvalue weighted by atomic mass is 35.5. The average molecular weight is 188 g/mol. The van der Waals surface area contributed by atoms with Crippen LogP contribution in [0.5, 0.6) is 0 Å². The second-order valence-electron chi connectivity index (χ2n) is 2.21. The van der Waals surface area contributed by atoms with Gasteiger partial charge in [-0.05, 0) is 17.7 Å². The van der Waals surface area contributed by atoms with Crippen molar-refractivity contribution in [1.29, 1.82) is 5.26 Å². The lowest BCUT2D eigenvalue weighted by Gasteiger charge is -1.98. The Bertz CT molecular complexity index is 320. The maximum Gasteiger partial charge on any atom is 0.145 e. The van der Waals surface area contributed by atoms with Crippen molar-refractivity contribution < 1.29 is 8.78 Å². The molecule has 0 heterocycles. The molecule has 0 amide bonds. The minimum Gasteiger partial charge on any atom is -0.205 e. The van der Waals surface area contributed by atoms with Crippen molar-refractivity contribution in [3.63, 3.8) is 0 Å². The molecule has 1 aromatic rings. The monoisotopic (exact) mass is 187 g/mol. The molecule has 1 aromatic carbocycles. The van der Waals surface area contributed by atoms with Gasteiger partial charge in [-0.3, -0.25) is 0 Å². The van der Waals surface area contributed by atoms with Crippen molar-refractivity contribution in [2.24, 2.45) is 0 Å². The molecule has 0 radical (unpaired) electrons.